The molecule has 0 radical (unpaired) electrons. The Kier molecular flexibility index (Phi) is 4.94. The minimum Gasteiger partial charge on any atom is -0.496 e. The molecule has 21 heavy (non-hydrogen) atoms. The van der Waals surface area contributed by atoms with E-state index >= 15 is 0 Å². The van der Waals surface area contributed by atoms with Crippen molar-refractivity contribution < 1.29 is 9.53 Å². The predicted molar refractivity (Wildman–Crippen MR) is 79.8 cm³/mol. The number of carbonyl (C=O) groups excluding carboxylic acids is 1. The van der Waals surface area contributed by atoms with Crippen LogP contribution in [-0.4, -0.2) is 29.3 Å². The van der Waals surface area contributed by atoms with Crippen LogP contribution in [0.25, 0.3) is 0 Å². The number of hydrogen-bond donors (Lipinski definition) is 2. The Morgan fingerprint density at radius 2 is 2.24 bits per heavy atom. The lowest BCUT2D eigenvalue weighted by molar-refractivity contribution is -0.122. The number of aromatic nitrogens is 2. The molecule has 112 valence electrons. The van der Waals surface area contributed by atoms with E-state index < -0.39 is 6.04 Å². The second kappa shape index (κ2) is 6.90. The van der Waals surface area contributed by atoms with E-state index in [2.05, 4.69) is 10.4 Å². The van der Waals surface area contributed by atoms with Gasteiger partial charge in [0.05, 0.1) is 13.3 Å². The quantitative estimate of drug-likeness (QED) is 0.823. The molecule has 2 rings (SSSR count). The molecule has 0 saturated heterocycles. The lowest BCUT2D eigenvalue weighted by atomic mass is 10.1. The van der Waals surface area contributed by atoms with E-state index in [4.69, 9.17) is 10.5 Å². The number of carbonyl (C=O) groups is 1. The molecule has 0 bridgehead atoms. The van der Waals surface area contributed by atoms with Gasteiger partial charge in [0, 0.05) is 25.4 Å². The Morgan fingerprint density at radius 1 is 1.48 bits per heavy atom. The topological polar surface area (TPSA) is 82.2 Å². The molecule has 1 amide bonds. The third kappa shape index (κ3) is 3.82. The average Bonchev–Trinajstić information content (AvgIpc) is 2.93. The molecule has 2 aromatic rings. The second-order valence-corrected chi connectivity index (χ2v) is 4.78. The Balaban J connectivity index is 1.87. The standard InChI is InChI=1S/C15H20N4O2/c1-19-10-12(9-18-19)14(16)15(20)17-8-7-11-5-3-4-6-13(11)21-2/h3-6,9-10,14H,7-8,16H2,1-2H3,(H,17,20). The van der Waals surface area contributed by atoms with Crippen LogP contribution in [0.15, 0.2) is 36.7 Å². The lowest BCUT2D eigenvalue weighted by Crippen LogP contribution is -2.35. The Labute approximate surface area is 123 Å². The van der Waals surface area contributed by atoms with Crippen molar-refractivity contribution >= 4 is 5.91 Å². The number of rotatable bonds is 6. The molecule has 1 aromatic heterocycles. The number of methoxy groups -OCH3 is 1. The highest BCUT2D eigenvalue weighted by atomic mass is 16.5. The van der Waals surface area contributed by atoms with Crippen molar-refractivity contribution in [3.05, 3.63) is 47.8 Å². The van der Waals surface area contributed by atoms with Crippen LogP contribution in [0.3, 0.4) is 0 Å². The monoisotopic (exact) mass is 288 g/mol. The minimum absolute atomic E-state index is 0.210. The molecule has 1 unspecified atom stereocenters. The van der Waals surface area contributed by atoms with E-state index in [9.17, 15) is 4.79 Å². The van der Waals surface area contributed by atoms with Gasteiger partial charge < -0.3 is 15.8 Å². The number of nitrogens with one attached hydrogen (secondary N) is 1. The van der Waals surface area contributed by atoms with Crippen molar-refractivity contribution in [2.24, 2.45) is 12.8 Å². The summed E-state index contributed by atoms with van der Waals surface area (Å²) in [5.74, 6) is 0.612. The van der Waals surface area contributed by atoms with Crippen molar-refractivity contribution in [3.8, 4) is 5.75 Å². The lowest BCUT2D eigenvalue weighted by Gasteiger charge is -2.12. The summed E-state index contributed by atoms with van der Waals surface area (Å²) in [6.45, 7) is 0.507. The van der Waals surface area contributed by atoms with Gasteiger partial charge in [0.25, 0.3) is 0 Å². The van der Waals surface area contributed by atoms with Gasteiger partial charge >= 0.3 is 0 Å². The van der Waals surface area contributed by atoms with Crippen molar-refractivity contribution in [2.45, 2.75) is 12.5 Å². The van der Waals surface area contributed by atoms with Crippen molar-refractivity contribution in [1.29, 1.82) is 0 Å². The van der Waals surface area contributed by atoms with Gasteiger partial charge in [0.2, 0.25) is 5.91 Å². The summed E-state index contributed by atoms with van der Waals surface area (Å²) in [5, 5.41) is 6.84. The highest BCUT2D eigenvalue weighted by Gasteiger charge is 2.16. The number of amides is 1. The number of nitrogens with zero attached hydrogens (tertiary/aromatic N) is 2. The first-order valence-electron chi connectivity index (χ1n) is 6.75. The van der Waals surface area contributed by atoms with E-state index in [0.717, 1.165) is 11.3 Å². The molecule has 3 N–H and O–H groups in total. The number of hydrogen-bond acceptors (Lipinski definition) is 4. The first-order valence-corrected chi connectivity index (χ1v) is 6.75. The zero-order valence-corrected chi connectivity index (χ0v) is 12.2. The number of aryl methyl sites for hydroxylation is 1. The molecule has 1 heterocycles. The van der Waals surface area contributed by atoms with Crippen molar-refractivity contribution in [3.63, 3.8) is 0 Å². The number of benzene rings is 1. The zero-order valence-electron chi connectivity index (χ0n) is 12.2. The number of nitrogens with two attached hydrogens (primary N) is 1. The smallest absolute Gasteiger partial charge is 0.241 e. The molecular formula is C15H20N4O2. The van der Waals surface area contributed by atoms with Crippen LogP contribution in [-0.2, 0) is 18.3 Å². The van der Waals surface area contributed by atoms with Crippen molar-refractivity contribution in [2.75, 3.05) is 13.7 Å². The summed E-state index contributed by atoms with van der Waals surface area (Å²) in [6, 6.07) is 7.04. The van der Waals surface area contributed by atoms with Crippen LogP contribution in [0.4, 0.5) is 0 Å². The summed E-state index contributed by atoms with van der Waals surface area (Å²) in [5.41, 5.74) is 7.65. The van der Waals surface area contributed by atoms with Gasteiger partial charge in [-0.25, -0.2) is 0 Å². The SMILES string of the molecule is COc1ccccc1CCNC(=O)C(N)c1cnn(C)c1. The maximum absolute atomic E-state index is 12.0. The van der Waals surface area contributed by atoms with Crippen LogP contribution >= 0.6 is 0 Å². The van der Waals surface area contributed by atoms with E-state index in [1.54, 1.807) is 31.2 Å². The van der Waals surface area contributed by atoms with Crippen molar-refractivity contribution in [1.82, 2.24) is 15.1 Å². The molecule has 0 aliphatic rings. The highest BCUT2D eigenvalue weighted by Crippen LogP contribution is 2.17. The minimum atomic E-state index is -0.698. The van der Waals surface area contributed by atoms with Gasteiger partial charge in [-0.15, -0.1) is 0 Å². The molecule has 1 atom stereocenters. The summed E-state index contributed by atoms with van der Waals surface area (Å²) in [6.07, 6.45) is 4.03. The Bertz CT molecular complexity index is 609. The molecule has 0 fully saturated rings. The third-order valence-corrected chi connectivity index (χ3v) is 3.25. The van der Waals surface area contributed by atoms with E-state index in [-0.39, 0.29) is 5.91 Å². The first kappa shape index (κ1) is 15.1. The zero-order chi connectivity index (χ0) is 15.2. The first-order chi connectivity index (χ1) is 10.1. The van der Waals surface area contributed by atoms with Crippen LogP contribution < -0.4 is 15.8 Å². The van der Waals surface area contributed by atoms with Crippen LogP contribution in [0.1, 0.15) is 17.2 Å². The molecule has 6 heteroatoms. The fourth-order valence-electron chi connectivity index (χ4n) is 2.09. The molecule has 6 nitrogen and oxygen atoms in total. The molecule has 1 aromatic carbocycles. The number of ether oxygens (including phenoxy) is 1. The van der Waals surface area contributed by atoms with Gasteiger partial charge in [-0.3, -0.25) is 9.48 Å². The average molecular weight is 288 g/mol. The molecule has 0 saturated carbocycles. The van der Waals surface area contributed by atoms with Gasteiger partial charge in [-0.05, 0) is 18.1 Å². The molecule has 0 aliphatic carbocycles. The van der Waals surface area contributed by atoms with Gasteiger partial charge in [0.15, 0.2) is 0 Å². The van der Waals surface area contributed by atoms with Gasteiger partial charge in [0.1, 0.15) is 11.8 Å². The van der Waals surface area contributed by atoms with E-state index in [1.807, 2.05) is 24.3 Å². The summed E-state index contributed by atoms with van der Waals surface area (Å²) < 4.78 is 6.90. The number of para-hydroxylation sites is 1. The highest BCUT2D eigenvalue weighted by molar-refractivity contribution is 5.82. The Morgan fingerprint density at radius 3 is 2.90 bits per heavy atom. The summed E-state index contributed by atoms with van der Waals surface area (Å²) >= 11 is 0. The fourth-order valence-corrected chi connectivity index (χ4v) is 2.09. The van der Waals surface area contributed by atoms with E-state index in [0.29, 0.717) is 18.5 Å². The molecular weight excluding hydrogens is 268 g/mol. The van der Waals surface area contributed by atoms with Gasteiger partial charge in [-0.1, -0.05) is 18.2 Å². The largest absolute Gasteiger partial charge is 0.496 e. The summed E-state index contributed by atoms with van der Waals surface area (Å²) in [4.78, 5) is 12.0. The maximum atomic E-state index is 12.0. The fraction of sp³-hybridized carbons (Fsp3) is 0.333. The second-order valence-electron chi connectivity index (χ2n) is 4.78. The van der Waals surface area contributed by atoms with Crippen LogP contribution in [0, 0.1) is 0 Å². The maximum Gasteiger partial charge on any atom is 0.241 e. The predicted octanol–water partition coefficient (Wildman–Crippen LogP) is 0.787. The van der Waals surface area contributed by atoms with Crippen LogP contribution in [0.5, 0.6) is 5.75 Å². The molecule has 0 spiro atoms. The molecule has 0 aliphatic heterocycles. The Hall–Kier alpha value is -2.34. The van der Waals surface area contributed by atoms with E-state index in [1.165, 1.54) is 0 Å². The third-order valence-electron chi connectivity index (χ3n) is 3.25. The normalized spacial score (nSPS) is 12.0. The summed E-state index contributed by atoms with van der Waals surface area (Å²) in [7, 11) is 3.42. The van der Waals surface area contributed by atoms with Crippen LogP contribution in [0.2, 0.25) is 0 Å². The van der Waals surface area contributed by atoms with Gasteiger partial charge in [-0.2, -0.15) is 5.10 Å².